The van der Waals surface area contributed by atoms with Crippen molar-refractivity contribution in [2.75, 3.05) is 0 Å². The molecule has 0 atom stereocenters. The van der Waals surface area contributed by atoms with Crippen molar-refractivity contribution in [2.24, 2.45) is 0 Å². The minimum atomic E-state index is 0.429. The van der Waals surface area contributed by atoms with Crippen molar-refractivity contribution in [2.45, 2.75) is 41.5 Å². The topological polar surface area (TPSA) is 109 Å². The number of hydrogen-bond acceptors (Lipinski definition) is 6. The van der Waals surface area contributed by atoms with Crippen molar-refractivity contribution in [1.29, 1.82) is 10.5 Å². The van der Waals surface area contributed by atoms with Crippen LogP contribution in [0.2, 0.25) is 0 Å². The third-order valence-electron chi connectivity index (χ3n) is 8.65. The summed E-state index contributed by atoms with van der Waals surface area (Å²) in [5.41, 5.74) is 11.3. The third kappa shape index (κ3) is 3.91. The molecule has 0 saturated heterocycles. The van der Waals surface area contributed by atoms with Gasteiger partial charge in [-0.3, -0.25) is 9.97 Å². The second-order valence-electron chi connectivity index (χ2n) is 11.1. The number of rotatable bonds is 2. The lowest BCUT2D eigenvalue weighted by Gasteiger charge is -2.08. The fourth-order valence-electron chi connectivity index (χ4n) is 5.77. The number of nitriles is 2. The Hall–Kier alpha value is -5.21. The molecule has 8 nitrogen and oxygen atoms in total. The van der Waals surface area contributed by atoms with E-state index in [-0.39, 0.29) is 0 Å². The maximum absolute atomic E-state index is 10.5. The first-order valence-electron chi connectivity index (χ1n) is 13.7. The van der Waals surface area contributed by atoms with Gasteiger partial charge in [-0.2, -0.15) is 10.5 Å². The molecule has 0 saturated carbocycles. The number of nitrogens with zero attached hydrogens (tertiary/aromatic N) is 8. The van der Waals surface area contributed by atoms with Crippen molar-refractivity contribution in [1.82, 2.24) is 28.9 Å². The summed E-state index contributed by atoms with van der Waals surface area (Å²) < 4.78 is 4.03. The van der Waals surface area contributed by atoms with Crippen LogP contribution in [0, 0.1) is 64.2 Å². The Morgan fingerprint density at radius 1 is 0.595 bits per heavy atom. The van der Waals surface area contributed by atoms with Crippen LogP contribution in [0.4, 0.5) is 0 Å². The van der Waals surface area contributed by atoms with Crippen LogP contribution in [0.1, 0.15) is 45.0 Å². The van der Waals surface area contributed by atoms with E-state index >= 15 is 0 Å². The molecule has 0 unspecified atom stereocenters. The van der Waals surface area contributed by atoms with Gasteiger partial charge in [-0.25, -0.2) is 9.97 Å². The largest absolute Gasteiger partial charge is 0.395 e. The molecular formula is C32H28B2N8. The summed E-state index contributed by atoms with van der Waals surface area (Å²) in [4.78, 5) is 19.0. The Bertz CT molecular complexity index is 2200. The SMILES string of the molecule is Bn1c(C)c2/c(=C(\C#N)c3cnc4cc(C)c(C)cc4n3)n(B)c(C)c2/c1=C(\C#N)c1cnc2cc(C)c(C)cc2n1. The average Bonchev–Trinajstić information content (AvgIpc) is 3.36. The van der Waals surface area contributed by atoms with E-state index in [2.05, 4.69) is 36.0 Å². The molecule has 0 bridgehead atoms. The fraction of sp³-hybridized carbons (Fsp3) is 0.188. The van der Waals surface area contributed by atoms with Crippen LogP contribution < -0.4 is 10.7 Å². The molecule has 0 aliphatic heterocycles. The van der Waals surface area contributed by atoms with Crippen molar-refractivity contribution >= 4 is 59.9 Å². The maximum Gasteiger partial charge on any atom is 0.223 e. The minimum absolute atomic E-state index is 0.429. The molecule has 10 heteroatoms. The van der Waals surface area contributed by atoms with Gasteiger partial charge in [0.15, 0.2) is 0 Å². The summed E-state index contributed by atoms with van der Waals surface area (Å²) in [7, 11) is 3.89. The van der Waals surface area contributed by atoms with Crippen molar-refractivity contribution < 1.29 is 0 Å². The predicted molar refractivity (Wildman–Crippen MR) is 171 cm³/mol. The zero-order valence-electron chi connectivity index (χ0n) is 25.0. The molecule has 0 radical (unpaired) electrons. The molecule has 0 spiro atoms. The van der Waals surface area contributed by atoms with Gasteiger partial charge in [-0.1, -0.05) is 0 Å². The van der Waals surface area contributed by atoms with Gasteiger partial charge in [0.1, 0.15) is 34.7 Å². The monoisotopic (exact) mass is 546 g/mol. The van der Waals surface area contributed by atoms with Gasteiger partial charge in [-0.15, -0.1) is 0 Å². The van der Waals surface area contributed by atoms with Crippen LogP contribution in [0.5, 0.6) is 0 Å². The van der Waals surface area contributed by atoms with E-state index in [1.807, 2.05) is 76.9 Å². The number of aryl methyl sites for hydroxylation is 6. The van der Waals surface area contributed by atoms with E-state index in [1.165, 1.54) is 0 Å². The first-order valence-corrected chi connectivity index (χ1v) is 13.7. The summed E-state index contributed by atoms with van der Waals surface area (Å²) in [6, 6.07) is 12.9. The summed E-state index contributed by atoms with van der Waals surface area (Å²) >= 11 is 0. The van der Waals surface area contributed by atoms with E-state index in [0.29, 0.717) is 22.5 Å². The van der Waals surface area contributed by atoms with Gasteiger partial charge in [0.05, 0.1) is 45.2 Å². The van der Waals surface area contributed by atoms with Gasteiger partial charge in [0.2, 0.25) is 16.0 Å². The first-order chi connectivity index (χ1) is 20.0. The van der Waals surface area contributed by atoms with E-state index in [9.17, 15) is 10.5 Å². The van der Waals surface area contributed by atoms with Crippen LogP contribution in [0.3, 0.4) is 0 Å². The smallest absolute Gasteiger partial charge is 0.223 e. The lowest BCUT2D eigenvalue weighted by Crippen LogP contribution is -2.24. The van der Waals surface area contributed by atoms with Gasteiger partial charge in [0.25, 0.3) is 0 Å². The van der Waals surface area contributed by atoms with E-state index in [0.717, 1.165) is 77.2 Å². The van der Waals surface area contributed by atoms with E-state index < -0.39 is 0 Å². The molecule has 42 heavy (non-hydrogen) atoms. The molecule has 0 aliphatic rings. The Labute approximate surface area is 245 Å². The number of fused-ring (bicyclic) bond motifs is 3. The summed E-state index contributed by atoms with van der Waals surface area (Å²) in [5.74, 6) is 0. The highest BCUT2D eigenvalue weighted by Crippen LogP contribution is 2.24. The quantitative estimate of drug-likeness (QED) is 0.309. The summed E-state index contributed by atoms with van der Waals surface area (Å²) in [5, 5.41) is 24.3. The molecule has 6 aromatic rings. The van der Waals surface area contributed by atoms with Crippen LogP contribution in [0.25, 0.3) is 44.0 Å². The third-order valence-corrected chi connectivity index (χ3v) is 8.65. The zero-order valence-corrected chi connectivity index (χ0v) is 25.0. The molecule has 0 amide bonds. The highest BCUT2D eigenvalue weighted by Gasteiger charge is 2.22. The van der Waals surface area contributed by atoms with Crippen LogP contribution >= 0.6 is 0 Å². The standard InChI is InChI=1S/C32H28B2N8/c1-15-7-23-25(9-17(15)3)39-27(13-37-23)21(11-35)31-29-19(5)42(34)32(30(29)20(6)41(31)33)22(12-36)28-14-38-24-8-16(2)18(4)10-26(24)40-28/h7-10,13-14H,33-34H2,1-6H3/b31-21-,32-22-. The van der Waals surface area contributed by atoms with Gasteiger partial charge in [-0.05, 0) is 88.1 Å². The van der Waals surface area contributed by atoms with Crippen LogP contribution in [-0.2, 0) is 0 Å². The van der Waals surface area contributed by atoms with Gasteiger partial charge < -0.3 is 8.96 Å². The molecule has 2 aromatic carbocycles. The molecule has 4 heterocycles. The average molecular weight is 546 g/mol. The summed E-state index contributed by atoms with van der Waals surface area (Å²) in [6.45, 7) is 12.2. The summed E-state index contributed by atoms with van der Waals surface area (Å²) in [6.07, 6.45) is 3.34. The molecule has 0 N–H and O–H groups in total. The van der Waals surface area contributed by atoms with Crippen molar-refractivity contribution in [3.05, 3.63) is 92.4 Å². The van der Waals surface area contributed by atoms with E-state index in [1.54, 1.807) is 12.4 Å². The highest BCUT2D eigenvalue weighted by atomic mass is 14.9. The lowest BCUT2D eigenvalue weighted by atomic mass is 10.1. The van der Waals surface area contributed by atoms with Crippen molar-refractivity contribution in [3.63, 3.8) is 0 Å². The predicted octanol–water partition coefficient (Wildman–Crippen LogP) is 2.42. The van der Waals surface area contributed by atoms with Gasteiger partial charge in [0, 0.05) is 22.2 Å². The van der Waals surface area contributed by atoms with E-state index in [4.69, 9.17) is 9.97 Å². The van der Waals surface area contributed by atoms with Crippen LogP contribution in [0.15, 0.2) is 36.7 Å². The van der Waals surface area contributed by atoms with Gasteiger partial charge >= 0.3 is 0 Å². The Morgan fingerprint density at radius 3 is 1.26 bits per heavy atom. The Kier molecular flexibility index (Phi) is 6.24. The Balaban J connectivity index is 1.72. The number of hydrogen-bond donors (Lipinski definition) is 0. The molecule has 6 rings (SSSR count). The molecule has 0 fully saturated rings. The molecule has 202 valence electrons. The van der Waals surface area contributed by atoms with Crippen molar-refractivity contribution in [3.8, 4) is 12.1 Å². The minimum Gasteiger partial charge on any atom is -0.395 e. The molecular weight excluding hydrogens is 518 g/mol. The first kappa shape index (κ1) is 27.0. The lowest BCUT2D eigenvalue weighted by molar-refractivity contribution is 1.07. The van der Waals surface area contributed by atoms with Crippen LogP contribution in [-0.4, -0.2) is 44.9 Å². The zero-order chi connectivity index (χ0) is 30.0. The molecule has 4 aromatic heterocycles. The Morgan fingerprint density at radius 2 is 0.929 bits per heavy atom. The number of benzene rings is 2. The maximum atomic E-state index is 10.5. The fourth-order valence-corrected chi connectivity index (χ4v) is 5.77. The normalized spacial score (nSPS) is 13.0. The second-order valence-corrected chi connectivity index (χ2v) is 11.1. The molecule has 0 aliphatic carbocycles. The second kappa shape index (κ2) is 9.71. The number of aromatic nitrogens is 6. The highest BCUT2D eigenvalue weighted by molar-refractivity contribution is 6.14.